The molecule has 1 aliphatic rings. The third kappa shape index (κ3) is 6.20. The summed E-state index contributed by atoms with van der Waals surface area (Å²) in [5.41, 5.74) is 2.90. The first kappa shape index (κ1) is 24.3. The molecule has 0 aliphatic heterocycles. The van der Waals surface area contributed by atoms with E-state index >= 15 is 0 Å². The van der Waals surface area contributed by atoms with Crippen molar-refractivity contribution in [2.45, 2.75) is 55.4 Å². The summed E-state index contributed by atoms with van der Waals surface area (Å²) < 4.78 is 25.5. The lowest BCUT2D eigenvalue weighted by atomic mass is 9.93. The van der Waals surface area contributed by atoms with Gasteiger partial charge in [-0.2, -0.15) is 0 Å². The predicted octanol–water partition coefficient (Wildman–Crippen LogP) is 4.69. The van der Waals surface area contributed by atoms with E-state index in [0.29, 0.717) is 17.7 Å². The van der Waals surface area contributed by atoms with E-state index in [1.165, 1.54) is 6.07 Å². The Balaban J connectivity index is 1.39. The molecule has 4 rings (SSSR count). The Hall–Kier alpha value is -2.81. The fraction of sp³-hybridized carbons (Fsp3) is 0.320. The van der Waals surface area contributed by atoms with Crippen LogP contribution in [0.3, 0.4) is 0 Å². The van der Waals surface area contributed by atoms with Gasteiger partial charge in [-0.25, -0.2) is 18.4 Å². The Bertz CT molecular complexity index is 1270. The van der Waals surface area contributed by atoms with Gasteiger partial charge in [-0.1, -0.05) is 42.0 Å². The van der Waals surface area contributed by atoms with Crippen molar-refractivity contribution in [3.05, 3.63) is 76.3 Å². The minimum absolute atomic E-state index is 0.110. The van der Waals surface area contributed by atoms with Crippen LogP contribution in [0, 0.1) is 6.92 Å². The molecule has 2 heterocycles. The molecule has 1 aliphatic carbocycles. The van der Waals surface area contributed by atoms with Crippen molar-refractivity contribution in [2.24, 2.45) is 0 Å². The minimum atomic E-state index is -3.59. The smallest absolute Gasteiger partial charge is 0.222 e. The standard InChI is InChI=1S/C25H27ClN4O3S/c1-17-19(8-9-21(29-17)16-34(32,33)24-5-3-2-4-23(24)26)7-6-18-14-27-25(28-15-18)30-20-10-12-22(31)13-11-20/h2-9,14-15,20,22,31H,10-13,16H2,1H3,(H,27,28,30)/b7-6+. The maximum atomic E-state index is 12.7. The molecule has 1 aromatic carbocycles. The van der Waals surface area contributed by atoms with Crippen LogP contribution in [0.4, 0.5) is 5.95 Å². The van der Waals surface area contributed by atoms with Gasteiger partial charge >= 0.3 is 0 Å². The van der Waals surface area contributed by atoms with E-state index in [1.807, 2.05) is 25.1 Å². The molecule has 7 nitrogen and oxygen atoms in total. The Labute approximate surface area is 204 Å². The van der Waals surface area contributed by atoms with Crippen molar-refractivity contribution in [3.63, 3.8) is 0 Å². The van der Waals surface area contributed by atoms with Crippen LogP contribution in [0.5, 0.6) is 0 Å². The number of pyridine rings is 1. The molecule has 0 unspecified atom stereocenters. The summed E-state index contributed by atoms with van der Waals surface area (Å²) in [5.74, 6) is 0.365. The zero-order valence-electron chi connectivity index (χ0n) is 18.9. The van der Waals surface area contributed by atoms with Crippen LogP contribution >= 0.6 is 11.6 Å². The third-order valence-electron chi connectivity index (χ3n) is 5.85. The first-order chi connectivity index (χ1) is 16.3. The van der Waals surface area contributed by atoms with E-state index in [-0.39, 0.29) is 21.8 Å². The lowest BCUT2D eigenvalue weighted by molar-refractivity contribution is 0.126. The van der Waals surface area contributed by atoms with Crippen LogP contribution in [0.2, 0.25) is 5.02 Å². The normalized spacial score (nSPS) is 18.8. The number of halogens is 1. The number of nitrogens with zero attached hydrogens (tertiary/aromatic N) is 3. The quantitative estimate of drug-likeness (QED) is 0.486. The van der Waals surface area contributed by atoms with Crippen LogP contribution in [-0.4, -0.2) is 40.6 Å². The van der Waals surface area contributed by atoms with E-state index in [2.05, 4.69) is 20.3 Å². The molecule has 2 N–H and O–H groups in total. The molecule has 0 bridgehead atoms. The van der Waals surface area contributed by atoms with Gasteiger partial charge in [0.25, 0.3) is 0 Å². The Morgan fingerprint density at radius 2 is 1.76 bits per heavy atom. The second-order valence-electron chi connectivity index (χ2n) is 8.49. The van der Waals surface area contributed by atoms with E-state index in [9.17, 15) is 13.5 Å². The zero-order chi connectivity index (χ0) is 24.1. The van der Waals surface area contributed by atoms with Gasteiger partial charge < -0.3 is 10.4 Å². The van der Waals surface area contributed by atoms with Crippen LogP contribution in [-0.2, 0) is 15.6 Å². The summed E-state index contributed by atoms with van der Waals surface area (Å²) in [6.45, 7) is 1.84. The molecule has 0 radical (unpaired) electrons. The number of aliphatic hydroxyl groups excluding tert-OH is 1. The van der Waals surface area contributed by atoms with E-state index in [0.717, 1.165) is 42.5 Å². The molecule has 3 aromatic rings. The maximum Gasteiger partial charge on any atom is 0.222 e. The summed E-state index contributed by atoms with van der Waals surface area (Å²) in [7, 11) is -3.59. The Kier molecular flexibility index (Phi) is 7.60. The average Bonchev–Trinajstić information content (AvgIpc) is 2.81. The van der Waals surface area contributed by atoms with Crippen molar-refractivity contribution in [2.75, 3.05) is 5.32 Å². The molecule has 2 aromatic heterocycles. The number of aryl methyl sites for hydroxylation is 1. The topological polar surface area (TPSA) is 105 Å². The lowest BCUT2D eigenvalue weighted by Gasteiger charge is -2.26. The summed E-state index contributed by atoms with van der Waals surface area (Å²) in [5, 5.41) is 13.2. The van der Waals surface area contributed by atoms with Crippen LogP contribution in [0.1, 0.15) is 48.2 Å². The summed E-state index contributed by atoms with van der Waals surface area (Å²) >= 11 is 6.06. The van der Waals surface area contributed by atoms with Crippen LogP contribution < -0.4 is 5.32 Å². The average molecular weight is 499 g/mol. The molecule has 0 amide bonds. The molecule has 178 valence electrons. The molecule has 0 saturated heterocycles. The molecular formula is C25H27ClN4O3S. The highest BCUT2D eigenvalue weighted by Gasteiger charge is 2.20. The monoisotopic (exact) mass is 498 g/mol. The zero-order valence-corrected chi connectivity index (χ0v) is 20.4. The van der Waals surface area contributed by atoms with E-state index < -0.39 is 9.84 Å². The van der Waals surface area contributed by atoms with Gasteiger partial charge in [0.1, 0.15) is 0 Å². The van der Waals surface area contributed by atoms with Gasteiger partial charge in [0.2, 0.25) is 5.95 Å². The number of nitrogens with one attached hydrogen (secondary N) is 1. The summed E-state index contributed by atoms with van der Waals surface area (Å²) in [4.78, 5) is 13.4. The number of anilines is 1. The van der Waals surface area contributed by atoms with Crippen molar-refractivity contribution in [3.8, 4) is 0 Å². The molecular weight excluding hydrogens is 472 g/mol. The number of sulfone groups is 1. The third-order valence-corrected chi connectivity index (χ3v) is 7.99. The highest BCUT2D eigenvalue weighted by molar-refractivity contribution is 7.90. The molecule has 0 atom stereocenters. The molecule has 9 heteroatoms. The van der Waals surface area contributed by atoms with Gasteiger partial charge in [-0.3, -0.25) is 4.98 Å². The van der Waals surface area contributed by atoms with Crippen molar-refractivity contribution in [1.29, 1.82) is 0 Å². The molecule has 34 heavy (non-hydrogen) atoms. The van der Waals surface area contributed by atoms with Crippen LogP contribution in [0.25, 0.3) is 12.2 Å². The van der Waals surface area contributed by atoms with E-state index in [1.54, 1.807) is 36.7 Å². The predicted molar refractivity (Wildman–Crippen MR) is 134 cm³/mol. The fourth-order valence-electron chi connectivity index (χ4n) is 3.94. The van der Waals surface area contributed by atoms with Crippen molar-refractivity contribution < 1.29 is 13.5 Å². The number of benzene rings is 1. The highest BCUT2D eigenvalue weighted by Crippen LogP contribution is 2.24. The number of hydrogen-bond acceptors (Lipinski definition) is 7. The van der Waals surface area contributed by atoms with Gasteiger partial charge in [-0.05, 0) is 56.4 Å². The first-order valence-corrected chi connectivity index (χ1v) is 13.2. The second-order valence-corrected chi connectivity index (χ2v) is 10.9. The number of hydrogen-bond donors (Lipinski definition) is 2. The number of aromatic nitrogens is 3. The Morgan fingerprint density at radius 1 is 1.06 bits per heavy atom. The SMILES string of the molecule is Cc1nc(CS(=O)(=O)c2ccccc2Cl)ccc1/C=C/c1cnc(NC2CCC(O)CC2)nc1. The molecule has 1 fully saturated rings. The number of aliphatic hydroxyl groups is 1. The number of rotatable bonds is 7. The van der Waals surface area contributed by atoms with Gasteiger partial charge in [0, 0.05) is 29.7 Å². The van der Waals surface area contributed by atoms with Crippen molar-refractivity contribution >= 4 is 39.5 Å². The minimum Gasteiger partial charge on any atom is -0.393 e. The second kappa shape index (κ2) is 10.6. The molecule has 1 saturated carbocycles. The van der Waals surface area contributed by atoms with E-state index in [4.69, 9.17) is 11.6 Å². The lowest BCUT2D eigenvalue weighted by Crippen LogP contribution is -2.28. The van der Waals surface area contributed by atoms with Crippen LogP contribution in [0.15, 0.2) is 53.7 Å². The summed E-state index contributed by atoms with van der Waals surface area (Å²) in [6.07, 6.45) is 10.5. The summed E-state index contributed by atoms with van der Waals surface area (Å²) in [6, 6.07) is 10.3. The Morgan fingerprint density at radius 3 is 2.44 bits per heavy atom. The van der Waals surface area contributed by atoms with Gasteiger partial charge in [0.15, 0.2) is 9.84 Å². The highest BCUT2D eigenvalue weighted by atomic mass is 35.5. The maximum absolute atomic E-state index is 12.7. The van der Waals surface area contributed by atoms with Crippen molar-refractivity contribution in [1.82, 2.24) is 15.0 Å². The largest absolute Gasteiger partial charge is 0.393 e. The van der Waals surface area contributed by atoms with Gasteiger partial charge in [0.05, 0.1) is 27.5 Å². The fourth-order valence-corrected chi connectivity index (χ4v) is 5.78. The molecule has 0 spiro atoms. The first-order valence-electron chi connectivity index (χ1n) is 11.2. The van der Waals surface area contributed by atoms with Gasteiger partial charge in [-0.15, -0.1) is 0 Å².